The van der Waals surface area contributed by atoms with Gasteiger partial charge in [0, 0.05) is 12.3 Å². The molecule has 0 spiro atoms. The molecule has 0 aromatic carbocycles. The molecular formula is C14H16N4OS. The number of thioether (sulfide) groups is 1. The molecule has 2 aromatic heterocycles. The topological polar surface area (TPSA) is 67.6 Å². The highest BCUT2D eigenvalue weighted by molar-refractivity contribution is 7.99. The normalized spacial score (nSPS) is 16.6. The summed E-state index contributed by atoms with van der Waals surface area (Å²) < 4.78 is 7.42. The van der Waals surface area contributed by atoms with E-state index in [9.17, 15) is 5.26 Å². The molecule has 0 amide bonds. The van der Waals surface area contributed by atoms with E-state index in [0.717, 1.165) is 48.3 Å². The van der Waals surface area contributed by atoms with Gasteiger partial charge in [0.2, 0.25) is 0 Å². The van der Waals surface area contributed by atoms with Crippen LogP contribution >= 0.6 is 11.8 Å². The van der Waals surface area contributed by atoms with Crippen molar-refractivity contribution in [2.75, 3.05) is 5.75 Å². The Morgan fingerprint density at radius 3 is 2.90 bits per heavy atom. The van der Waals surface area contributed by atoms with Crippen molar-refractivity contribution in [3.63, 3.8) is 0 Å². The first-order chi connectivity index (χ1) is 9.78. The zero-order valence-corrected chi connectivity index (χ0v) is 12.2. The molecule has 6 heteroatoms. The van der Waals surface area contributed by atoms with Crippen molar-refractivity contribution in [1.82, 2.24) is 14.8 Å². The van der Waals surface area contributed by atoms with Crippen LogP contribution in [0.15, 0.2) is 28.0 Å². The van der Waals surface area contributed by atoms with Crippen LogP contribution in [0.2, 0.25) is 0 Å². The molecule has 0 atom stereocenters. The van der Waals surface area contributed by atoms with E-state index >= 15 is 0 Å². The fourth-order valence-corrected chi connectivity index (χ4v) is 3.59. The molecule has 1 saturated carbocycles. The Kier molecular flexibility index (Phi) is 3.53. The summed E-state index contributed by atoms with van der Waals surface area (Å²) in [5.74, 6) is 2.27. The second-order valence-corrected chi connectivity index (χ2v) is 6.00. The minimum atomic E-state index is -0.153. The molecule has 2 aromatic rings. The van der Waals surface area contributed by atoms with Crippen LogP contribution in [0, 0.1) is 16.7 Å². The van der Waals surface area contributed by atoms with Crippen molar-refractivity contribution in [3.8, 4) is 17.7 Å². The molecule has 1 aliphatic carbocycles. The third-order valence-electron chi connectivity index (χ3n) is 3.80. The predicted octanol–water partition coefficient (Wildman–Crippen LogP) is 3.34. The van der Waals surface area contributed by atoms with Gasteiger partial charge in [0.1, 0.15) is 0 Å². The van der Waals surface area contributed by atoms with Crippen LogP contribution < -0.4 is 0 Å². The van der Waals surface area contributed by atoms with Gasteiger partial charge in [-0.25, -0.2) is 0 Å². The first kappa shape index (κ1) is 13.3. The van der Waals surface area contributed by atoms with Gasteiger partial charge in [-0.1, -0.05) is 18.2 Å². The quantitative estimate of drug-likeness (QED) is 0.789. The lowest BCUT2D eigenvalue weighted by Gasteiger charge is -2.34. The smallest absolute Gasteiger partial charge is 0.200 e. The maximum atomic E-state index is 9.28. The second-order valence-electron chi connectivity index (χ2n) is 5.06. The molecule has 0 saturated heterocycles. The summed E-state index contributed by atoms with van der Waals surface area (Å²) in [6, 6.07) is 6.19. The number of nitrogens with zero attached hydrogens (tertiary/aromatic N) is 4. The maximum Gasteiger partial charge on any atom is 0.200 e. The zero-order valence-electron chi connectivity index (χ0n) is 11.4. The largest absolute Gasteiger partial charge is 0.461 e. The van der Waals surface area contributed by atoms with Gasteiger partial charge in [-0.2, -0.15) is 5.26 Å². The lowest BCUT2D eigenvalue weighted by atomic mass is 9.72. The highest BCUT2D eigenvalue weighted by Gasteiger charge is 2.37. The van der Waals surface area contributed by atoms with Crippen molar-refractivity contribution < 1.29 is 4.42 Å². The number of hydrogen-bond donors (Lipinski definition) is 0. The second kappa shape index (κ2) is 5.33. The van der Waals surface area contributed by atoms with E-state index in [2.05, 4.69) is 23.2 Å². The first-order valence-electron chi connectivity index (χ1n) is 6.79. The SMILES string of the molecule is CCn1c(SCC2(C#N)CCC2)nnc1-c1ccco1. The number of nitriles is 1. The third-order valence-corrected chi connectivity index (χ3v) is 5.06. The maximum absolute atomic E-state index is 9.28. The minimum absolute atomic E-state index is 0.153. The number of aromatic nitrogens is 3. The van der Waals surface area contributed by atoms with Gasteiger partial charge in [0.25, 0.3) is 0 Å². The van der Waals surface area contributed by atoms with E-state index in [-0.39, 0.29) is 5.41 Å². The molecule has 0 aliphatic heterocycles. The summed E-state index contributed by atoms with van der Waals surface area (Å²) in [7, 11) is 0. The van der Waals surface area contributed by atoms with Gasteiger partial charge < -0.3 is 4.42 Å². The van der Waals surface area contributed by atoms with E-state index in [4.69, 9.17) is 4.42 Å². The van der Waals surface area contributed by atoms with Gasteiger partial charge in [-0.05, 0) is 31.9 Å². The van der Waals surface area contributed by atoms with Crippen molar-refractivity contribution in [2.45, 2.75) is 37.9 Å². The monoisotopic (exact) mass is 288 g/mol. The molecule has 3 rings (SSSR count). The van der Waals surface area contributed by atoms with Crippen molar-refractivity contribution in [1.29, 1.82) is 5.26 Å². The van der Waals surface area contributed by atoms with Crippen molar-refractivity contribution in [2.24, 2.45) is 5.41 Å². The summed E-state index contributed by atoms with van der Waals surface area (Å²) in [6.45, 7) is 2.84. The molecule has 1 fully saturated rings. The Morgan fingerprint density at radius 2 is 2.35 bits per heavy atom. The molecule has 0 radical (unpaired) electrons. The summed E-state index contributed by atoms with van der Waals surface area (Å²) in [5.41, 5.74) is -0.153. The van der Waals surface area contributed by atoms with E-state index in [0.29, 0.717) is 0 Å². The molecular weight excluding hydrogens is 272 g/mol. The molecule has 2 heterocycles. The molecule has 104 valence electrons. The summed E-state index contributed by atoms with van der Waals surface area (Å²) in [6.07, 6.45) is 4.80. The van der Waals surface area contributed by atoms with Crippen LogP contribution in [-0.4, -0.2) is 20.5 Å². The van der Waals surface area contributed by atoms with Crippen LogP contribution in [-0.2, 0) is 6.54 Å². The molecule has 1 aliphatic rings. The van der Waals surface area contributed by atoms with E-state index in [1.807, 2.05) is 16.7 Å². The highest BCUT2D eigenvalue weighted by Crippen LogP contribution is 2.44. The average Bonchev–Trinajstić information content (AvgIpc) is 3.06. The lowest BCUT2D eigenvalue weighted by Crippen LogP contribution is -2.30. The van der Waals surface area contributed by atoms with E-state index < -0.39 is 0 Å². The molecule has 0 bridgehead atoms. The number of hydrogen-bond acceptors (Lipinski definition) is 5. The van der Waals surface area contributed by atoms with E-state index in [1.165, 1.54) is 0 Å². The lowest BCUT2D eigenvalue weighted by molar-refractivity contribution is 0.251. The Morgan fingerprint density at radius 1 is 1.50 bits per heavy atom. The molecule has 20 heavy (non-hydrogen) atoms. The van der Waals surface area contributed by atoms with Gasteiger partial charge >= 0.3 is 0 Å². The summed E-state index contributed by atoms with van der Waals surface area (Å²) >= 11 is 1.62. The number of furan rings is 1. The van der Waals surface area contributed by atoms with E-state index in [1.54, 1.807) is 18.0 Å². The van der Waals surface area contributed by atoms with Crippen LogP contribution in [0.5, 0.6) is 0 Å². The molecule has 0 unspecified atom stereocenters. The Hall–Kier alpha value is -1.74. The zero-order chi connectivity index (χ0) is 14.0. The van der Waals surface area contributed by atoms with Gasteiger partial charge in [0.05, 0.1) is 17.7 Å². The molecule has 0 N–H and O–H groups in total. The minimum Gasteiger partial charge on any atom is -0.461 e. The van der Waals surface area contributed by atoms with Gasteiger partial charge in [0.15, 0.2) is 16.7 Å². The van der Waals surface area contributed by atoms with Crippen molar-refractivity contribution >= 4 is 11.8 Å². The first-order valence-corrected chi connectivity index (χ1v) is 7.78. The van der Waals surface area contributed by atoms with Gasteiger partial charge in [-0.15, -0.1) is 10.2 Å². The summed E-state index contributed by atoms with van der Waals surface area (Å²) in [5, 5.41) is 18.6. The standard InChI is InChI=1S/C14H16N4OS/c1-2-18-12(11-5-3-8-19-11)16-17-13(18)20-10-14(9-15)6-4-7-14/h3,5,8H,2,4,6-7,10H2,1H3. The van der Waals surface area contributed by atoms with Gasteiger partial charge in [-0.3, -0.25) is 4.57 Å². The van der Waals surface area contributed by atoms with Crippen LogP contribution in [0.4, 0.5) is 0 Å². The average molecular weight is 288 g/mol. The Balaban J connectivity index is 1.79. The van der Waals surface area contributed by atoms with Crippen molar-refractivity contribution in [3.05, 3.63) is 18.4 Å². The fraction of sp³-hybridized carbons (Fsp3) is 0.500. The molecule has 5 nitrogen and oxygen atoms in total. The fourth-order valence-electron chi connectivity index (χ4n) is 2.36. The number of rotatable bonds is 5. The third kappa shape index (κ3) is 2.22. The Labute approximate surface area is 122 Å². The predicted molar refractivity (Wildman–Crippen MR) is 76.0 cm³/mol. The van der Waals surface area contributed by atoms with Crippen LogP contribution in [0.25, 0.3) is 11.6 Å². The summed E-state index contributed by atoms with van der Waals surface area (Å²) in [4.78, 5) is 0. The van der Waals surface area contributed by atoms with Crippen LogP contribution in [0.3, 0.4) is 0 Å². The highest BCUT2D eigenvalue weighted by atomic mass is 32.2. The van der Waals surface area contributed by atoms with Crippen LogP contribution in [0.1, 0.15) is 26.2 Å². The Bertz CT molecular complexity index is 622.